The van der Waals surface area contributed by atoms with Crippen molar-refractivity contribution < 1.29 is 14.4 Å². The van der Waals surface area contributed by atoms with Crippen LogP contribution in [0.2, 0.25) is 0 Å². The van der Waals surface area contributed by atoms with Crippen molar-refractivity contribution in [3.05, 3.63) is 62.6 Å². The summed E-state index contributed by atoms with van der Waals surface area (Å²) in [7, 11) is 0. The number of ketones is 1. The van der Waals surface area contributed by atoms with Crippen LogP contribution in [0.3, 0.4) is 0 Å². The molecule has 0 unspecified atom stereocenters. The van der Waals surface area contributed by atoms with E-state index in [1.807, 2.05) is 19.9 Å². The average molecular weight is 395 g/mol. The highest BCUT2D eigenvalue weighted by Crippen LogP contribution is 2.23. The van der Waals surface area contributed by atoms with Gasteiger partial charge in [-0.2, -0.15) is 4.80 Å². The van der Waals surface area contributed by atoms with E-state index < -0.39 is 0 Å². The SMILES string of the molecule is Cc1cc(C(=O)Cn2nnc(CCN3C(=O)c4ccccc4C3=O)n2)c(C)s1. The van der Waals surface area contributed by atoms with Crippen molar-refractivity contribution in [1.82, 2.24) is 25.1 Å². The van der Waals surface area contributed by atoms with Crippen LogP contribution in [0.4, 0.5) is 0 Å². The van der Waals surface area contributed by atoms with Gasteiger partial charge in [-0.15, -0.1) is 21.5 Å². The third-order valence-corrected chi connectivity index (χ3v) is 5.52. The van der Waals surface area contributed by atoms with Gasteiger partial charge in [0.05, 0.1) is 11.1 Å². The van der Waals surface area contributed by atoms with Gasteiger partial charge >= 0.3 is 0 Å². The highest BCUT2D eigenvalue weighted by Gasteiger charge is 2.34. The van der Waals surface area contributed by atoms with Crippen molar-refractivity contribution in [2.75, 3.05) is 6.54 Å². The highest BCUT2D eigenvalue weighted by atomic mass is 32.1. The number of nitrogens with zero attached hydrogens (tertiary/aromatic N) is 5. The van der Waals surface area contributed by atoms with Gasteiger partial charge in [0.15, 0.2) is 11.6 Å². The summed E-state index contributed by atoms with van der Waals surface area (Å²) >= 11 is 1.57. The Hall–Kier alpha value is -3.20. The maximum atomic E-state index is 12.4. The summed E-state index contributed by atoms with van der Waals surface area (Å²) in [5.74, 6) is -0.327. The van der Waals surface area contributed by atoms with Gasteiger partial charge in [0.1, 0.15) is 6.54 Å². The van der Waals surface area contributed by atoms with Gasteiger partial charge in [0.2, 0.25) is 0 Å². The molecule has 8 nitrogen and oxygen atoms in total. The zero-order valence-electron chi connectivity index (χ0n) is 15.4. The molecule has 0 bridgehead atoms. The fraction of sp³-hybridized carbons (Fsp3) is 0.263. The number of fused-ring (bicyclic) bond motifs is 1. The number of carbonyl (C=O) groups is 3. The Morgan fingerprint density at radius 3 is 2.39 bits per heavy atom. The predicted molar refractivity (Wildman–Crippen MR) is 101 cm³/mol. The predicted octanol–water partition coefficient (Wildman–Crippen LogP) is 2.07. The van der Waals surface area contributed by atoms with Gasteiger partial charge in [0, 0.05) is 28.3 Å². The Bertz CT molecular complexity index is 1070. The third kappa shape index (κ3) is 3.24. The number of rotatable bonds is 6. The number of aromatic nitrogens is 4. The fourth-order valence-electron chi connectivity index (χ4n) is 3.22. The van der Waals surface area contributed by atoms with E-state index in [0.717, 1.165) is 9.75 Å². The molecular weight excluding hydrogens is 378 g/mol. The molecule has 0 N–H and O–H groups in total. The quantitative estimate of drug-likeness (QED) is 0.468. The van der Waals surface area contributed by atoms with Gasteiger partial charge in [-0.1, -0.05) is 12.1 Å². The molecule has 0 saturated carbocycles. The van der Waals surface area contributed by atoms with E-state index in [-0.39, 0.29) is 37.1 Å². The van der Waals surface area contributed by atoms with Crippen molar-refractivity contribution in [2.45, 2.75) is 26.8 Å². The largest absolute Gasteiger partial charge is 0.292 e. The zero-order chi connectivity index (χ0) is 19.8. The molecule has 2 aromatic heterocycles. The summed E-state index contributed by atoms with van der Waals surface area (Å²) < 4.78 is 0. The summed E-state index contributed by atoms with van der Waals surface area (Å²) in [6.45, 7) is 4.03. The minimum Gasteiger partial charge on any atom is -0.292 e. The first-order valence-electron chi connectivity index (χ1n) is 8.76. The molecule has 28 heavy (non-hydrogen) atoms. The fourth-order valence-corrected chi connectivity index (χ4v) is 4.16. The van der Waals surface area contributed by atoms with Crippen molar-refractivity contribution in [1.29, 1.82) is 0 Å². The van der Waals surface area contributed by atoms with E-state index in [9.17, 15) is 14.4 Å². The lowest BCUT2D eigenvalue weighted by atomic mass is 10.1. The van der Waals surface area contributed by atoms with Gasteiger partial charge in [-0.25, -0.2) is 0 Å². The average Bonchev–Trinajstić information content (AvgIpc) is 3.32. The van der Waals surface area contributed by atoms with Crippen molar-refractivity contribution in [3.8, 4) is 0 Å². The second kappa shape index (κ2) is 7.08. The maximum absolute atomic E-state index is 12.4. The molecule has 0 radical (unpaired) electrons. The molecule has 3 heterocycles. The van der Waals surface area contributed by atoms with E-state index >= 15 is 0 Å². The molecule has 1 aromatic carbocycles. The Kier molecular flexibility index (Phi) is 4.60. The second-order valence-corrected chi connectivity index (χ2v) is 8.00. The molecule has 4 rings (SSSR count). The van der Waals surface area contributed by atoms with Crippen LogP contribution >= 0.6 is 11.3 Å². The summed E-state index contributed by atoms with van der Waals surface area (Å²) in [4.78, 5) is 41.6. The number of carbonyl (C=O) groups excluding carboxylic acids is 3. The van der Waals surface area contributed by atoms with Crippen molar-refractivity contribution in [2.24, 2.45) is 0 Å². The number of hydrogen-bond acceptors (Lipinski definition) is 7. The van der Waals surface area contributed by atoms with Crippen LogP contribution in [0.1, 0.15) is 46.7 Å². The Morgan fingerprint density at radius 1 is 1.11 bits per heavy atom. The summed E-state index contributed by atoms with van der Waals surface area (Å²) in [6.07, 6.45) is 0.274. The van der Waals surface area contributed by atoms with Crippen LogP contribution in [0, 0.1) is 13.8 Å². The smallest absolute Gasteiger partial charge is 0.261 e. The lowest BCUT2D eigenvalue weighted by Crippen LogP contribution is -2.32. The molecule has 0 saturated heterocycles. The first-order valence-corrected chi connectivity index (χ1v) is 9.58. The zero-order valence-corrected chi connectivity index (χ0v) is 16.2. The standard InChI is InChI=1S/C19H17N5O3S/c1-11-9-15(12(2)28-11)16(25)10-24-21-17(20-22-24)7-8-23-18(26)13-5-3-4-6-14(13)19(23)27/h3-6,9H,7-8,10H2,1-2H3. The van der Waals surface area contributed by atoms with Crippen LogP contribution in [0.25, 0.3) is 0 Å². The molecular formula is C19H17N5O3S. The summed E-state index contributed by atoms with van der Waals surface area (Å²) in [5.41, 5.74) is 1.50. The van der Waals surface area contributed by atoms with Crippen LogP contribution < -0.4 is 0 Å². The molecule has 0 aliphatic carbocycles. The monoisotopic (exact) mass is 395 g/mol. The lowest BCUT2D eigenvalue weighted by Gasteiger charge is -2.11. The molecule has 0 atom stereocenters. The number of aryl methyl sites for hydroxylation is 2. The molecule has 2 amide bonds. The molecule has 0 fully saturated rings. The van der Waals surface area contributed by atoms with Crippen LogP contribution in [-0.2, 0) is 13.0 Å². The van der Waals surface area contributed by atoms with Crippen LogP contribution in [0.5, 0.6) is 0 Å². The maximum Gasteiger partial charge on any atom is 0.261 e. The molecule has 1 aliphatic heterocycles. The number of hydrogen-bond donors (Lipinski definition) is 0. The number of imide groups is 1. The number of tetrazole rings is 1. The van der Waals surface area contributed by atoms with E-state index in [1.54, 1.807) is 35.6 Å². The second-order valence-electron chi connectivity index (χ2n) is 6.54. The first kappa shape index (κ1) is 18.2. The minimum atomic E-state index is -0.313. The highest BCUT2D eigenvalue weighted by molar-refractivity contribution is 7.12. The first-order chi connectivity index (χ1) is 13.4. The van der Waals surface area contributed by atoms with Gasteiger partial charge < -0.3 is 0 Å². The van der Waals surface area contributed by atoms with Gasteiger partial charge in [0.25, 0.3) is 11.8 Å². The third-order valence-electron chi connectivity index (χ3n) is 4.56. The normalized spacial score (nSPS) is 13.3. The molecule has 3 aromatic rings. The van der Waals surface area contributed by atoms with E-state index in [2.05, 4.69) is 15.4 Å². The Labute approximate surface area is 164 Å². The molecule has 0 spiro atoms. The molecule has 9 heteroatoms. The summed E-state index contributed by atoms with van der Waals surface area (Å²) in [5, 5.41) is 12.0. The van der Waals surface area contributed by atoms with E-state index in [0.29, 0.717) is 22.5 Å². The molecule has 142 valence electrons. The number of Topliss-reactive ketones (excluding diaryl/α,β-unsaturated/α-hetero) is 1. The van der Waals surface area contributed by atoms with Crippen molar-refractivity contribution in [3.63, 3.8) is 0 Å². The van der Waals surface area contributed by atoms with Gasteiger partial charge in [-0.3, -0.25) is 19.3 Å². The number of benzene rings is 1. The summed E-state index contributed by atoms with van der Waals surface area (Å²) in [6, 6.07) is 8.61. The van der Waals surface area contributed by atoms with Crippen LogP contribution in [0.15, 0.2) is 30.3 Å². The lowest BCUT2D eigenvalue weighted by molar-refractivity contribution is 0.0655. The minimum absolute atomic E-state index is 0.00295. The number of amides is 2. The molecule has 1 aliphatic rings. The Balaban J connectivity index is 1.39. The van der Waals surface area contributed by atoms with Crippen LogP contribution in [-0.4, -0.2) is 49.2 Å². The van der Waals surface area contributed by atoms with Crippen molar-refractivity contribution >= 4 is 28.9 Å². The van der Waals surface area contributed by atoms with E-state index in [4.69, 9.17) is 0 Å². The number of thiophene rings is 1. The topological polar surface area (TPSA) is 98.0 Å². The van der Waals surface area contributed by atoms with E-state index in [1.165, 1.54) is 9.70 Å². The Morgan fingerprint density at radius 2 is 1.79 bits per heavy atom. The van der Waals surface area contributed by atoms with Gasteiger partial charge in [-0.05, 0) is 37.3 Å².